The molecule has 18 heavy (non-hydrogen) atoms. The number of thioether (sulfide) groups is 1. The second kappa shape index (κ2) is 5.96. The zero-order chi connectivity index (χ0) is 13.0. The van der Waals surface area contributed by atoms with Crippen molar-refractivity contribution < 1.29 is 0 Å². The number of aromatic nitrogens is 2. The van der Waals surface area contributed by atoms with E-state index in [1.165, 1.54) is 4.90 Å². The molecule has 1 heterocycles. The molecule has 96 valence electrons. The molecule has 0 saturated heterocycles. The average Bonchev–Trinajstić information content (AvgIpc) is 2.76. The monoisotopic (exact) mass is 261 g/mol. The van der Waals surface area contributed by atoms with E-state index >= 15 is 0 Å². The lowest BCUT2D eigenvalue weighted by atomic mass is 10.2. The van der Waals surface area contributed by atoms with Crippen molar-refractivity contribution in [3.63, 3.8) is 0 Å². The van der Waals surface area contributed by atoms with Crippen LogP contribution < -0.4 is 5.32 Å². The third-order valence-electron chi connectivity index (χ3n) is 2.63. The van der Waals surface area contributed by atoms with Crippen molar-refractivity contribution in [3.8, 4) is 0 Å². The highest BCUT2D eigenvalue weighted by Crippen LogP contribution is 2.27. The minimum Gasteiger partial charge on any atom is -0.325 e. The van der Waals surface area contributed by atoms with Crippen LogP contribution in [0.5, 0.6) is 0 Å². The van der Waals surface area contributed by atoms with Crippen LogP contribution in [0.4, 0.5) is 11.6 Å². The Bertz CT molecular complexity index is 505. The number of nitrogens with one attached hydrogen (secondary N) is 1. The lowest BCUT2D eigenvalue weighted by Crippen LogP contribution is -2.07. The summed E-state index contributed by atoms with van der Waals surface area (Å²) in [7, 11) is 0. The lowest BCUT2D eigenvalue weighted by molar-refractivity contribution is 0.527. The zero-order valence-electron chi connectivity index (χ0n) is 11.1. The van der Waals surface area contributed by atoms with Crippen LogP contribution in [0.1, 0.15) is 13.8 Å². The van der Waals surface area contributed by atoms with Crippen LogP contribution >= 0.6 is 11.8 Å². The highest BCUT2D eigenvalue weighted by atomic mass is 32.2. The number of hydrogen-bond acceptors (Lipinski definition) is 3. The van der Waals surface area contributed by atoms with Crippen LogP contribution in [-0.4, -0.2) is 15.8 Å². The van der Waals surface area contributed by atoms with Crippen molar-refractivity contribution in [2.45, 2.75) is 25.3 Å². The average molecular weight is 261 g/mol. The van der Waals surface area contributed by atoms with E-state index in [1.807, 2.05) is 18.5 Å². The summed E-state index contributed by atoms with van der Waals surface area (Å²) in [6, 6.07) is 8.29. The van der Waals surface area contributed by atoms with Gasteiger partial charge in [0.15, 0.2) is 0 Å². The summed E-state index contributed by atoms with van der Waals surface area (Å²) in [5.41, 5.74) is 1.11. The first-order valence-electron chi connectivity index (χ1n) is 6.12. The number of rotatable bonds is 5. The molecule has 0 unspecified atom stereocenters. The predicted molar refractivity (Wildman–Crippen MR) is 78.6 cm³/mol. The van der Waals surface area contributed by atoms with Gasteiger partial charge in [-0.25, -0.2) is 4.98 Å². The first kappa shape index (κ1) is 13.0. The molecule has 2 rings (SSSR count). The molecule has 0 amide bonds. The van der Waals surface area contributed by atoms with Gasteiger partial charge in [-0.15, -0.1) is 11.8 Å². The first-order chi connectivity index (χ1) is 8.70. The number of nitrogens with zero attached hydrogens (tertiary/aromatic N) is 2. The summed E-state index contributed by atoms with van der Waals surface area (Å²) in [5.74, 6) is 1.51. The SMILES string of the molecule is CSc1ccccc1Nc1nccn1CC(C)C. The van der Waals surface area contributed by atoms with Gasteiger partial charge in [-0.1, -0.05) is 26.0 Å². The number of benzene rings is 1. The molecule has 3 nitrogen and oxygen atoms in total. The van der Waals surface area contributed by atoms with E-state index in [-0.39, 0.29) is 0 Å². The molecule has 1 N–H and O–H groups in total. The molecule has 4 heteroatoms. The Morgan fingerprint density at radius 1 is 1.33 bits per heavy atom. The number of imidazole rings is 1. The smallest absolute Gasteiger partial charge is 0.207 e. The maximum Gasteiger partial charge on any atom is 0.207 e. The van der Waals surface area contributed by atoms with Crippen LogP contribution in [0.25, 0.3) is 0 Å². The third kappa shape index (κ3) is 3.07. The molecule has 0 spiro atoms. The fraction of sp³-hybridized carbons (Fsp3) is 0.357. The van der Waals surface area contributed by atoms with Gasteiger partial charge >= 0.3 is 0 Å². The Labute approximate surface area is 113 Å². The van der Waals surface area contributed by atoms with Crippen molar-refractivity contribution in [2.75, 3.05) is 11.6 Å². The molecule has 0 aliphatic carbocycles. The van der Waals surface area contributed by atoms with E-state index in [4.69, 9.17) is 0 Å². The van der Waals surface area contributed by atoms with E-state index in [2.05, 4.69) is 53.2 Å². The van der Waals surface area contributed by atoms with Crippen molar-refractivity contribution in [2.24, 2.45) is 5.92 Å². The maximum atomic E-state index is 4.38. The molecule has 0 aliphatic rings. The molecule has 1 aromatic heterocycles. The van der Waals surface area contributed by atoms with Gasteiger partial charge in [0, 0.05) is 23.8 Å². The molecule has 0 radical (unpaired) electrons. The molecule has 0 atom stereocenters. The summed E-state index contributed by atoms with van der Waals surface area (Å²) in [6.07, 6.45) is 5.94. The van der Waals surface area contributed by atoms with Crippen molar-refractivity contribution in [1.82, 2.24) is 9.55 Å². The molecule has 0 aliphatic heterocycles. The second-order valence-corrected chi connectivity index (χ2v) is 5.47. The highest BCUT2D eigenvalue weighted by molar-refractivity contribution is 7.98. The van der Waals surface area contributed by atoms with Crippen molar-refractivity contribution >= 4 is 23.4 Å². The standard InChI is InChI=1S/C14H19N3S/c1-11(2)10-17-9-8-15-14(17)16-12-6-4-5-7-13(12)18-3/h4-9,11H,10H2,1-3H3,(H,15,16). The summed E-state index contributed by atoms with van der Waals surface area (Å²) in [5, 5.41) is 3.41. The van der Waals surface area contributed by atoms with Gasteiger partial charge in [0.25, 0.3) is 0 Å². The Hall–Kier alpha value is -1.42. The van der Waals surface area contributed by atoms with Crippen LogP contribution in [0.2, 0.25) is 0 Å². The molecule has 2 aromatic rings. The Kier molecular flexibility index (Phi) is 4.31. The Morgan fingerprint density at radius 3 is 2.83 bits per heavy atom. The van der Waals surface area contributed by atoms with E-state index < -0.39 is 0 Å². The van der Waals surface area contributed by atoms with Crippen molar-refractivity contribution in [3.05, 3.63) is 36.7 Å². The molecule has 0 fully saturated rings. The molecule has 1 aromatic carbocycles. The normalized spacial score (nSPS) is 10.9. The first-order valence-corrected chi connectivity index (χ1v) is 7.34. The number of hydrogen-bond donors (Lipinski definition) is 1. The number of anilines is 2. The summed E-state index contributed by atoms with van der Waals surface area (Å²) in [6.45, 7) is 5.39. The summed E-state index contributed by atoms with van der Waals surface area (Å²) < 4.78 is 2.15. The topological polar surface area (TPSA) is 29.9 Å². The van der Waals surface area contributed by atoms with Crippen LogP contribution in [0.3, 0.4) is 0 Å². The third-order valence-corrected chi connectivity index (χ3v) is 3.43. The van der Waals surface area contributed by atoms with Crippen LogP contribution in [0.15, 0.2) is 41.6 Å². The molecular weight excluding hydrogens is 242 g/mol. The van der Waals surface area contributed by atoms with E-state index in [0.717, 1.165) is 18.2 Å². The van der Waals surface area contributed by atoms with Crippen molar-refractivity contribution in [1.29, 1.82) is 0 Å². The van der Waals surface area contributed by atoms with E-state index in [1.54, 1.807) is 11.8 Å². The van der Waals surface area contributed by atoms with Gasteiger partial charge in [-0.2, -0.15) is 0 Å². The van der Waals surface area contributed by atoms with Gasteiger partial charge in [0.05, 0.1) is 5.69 Å². The van der Waals surface area contributed by atoms with Crippen LogP contribution in [0, 0.1) is 5.92 Å². The highest BCUT2D eigenvalue weighted by Gasteiger charge is 2.07. The zero-order valence-corrected chi connectivity index (χ0v) is 11.9. The predicted octanol–water partition coefficient (Wildman–Crippen LogP) is 4.00. The quantitative estimate of drug-likeness (QED) is 0.825. The Morgan fingerprint density at radius 2 is 2.11 bits per heavy atom. The van der Waals surface area contributed by atoms with Gasteiger partial charge < -0.3 is 9.88 Å². The molecule has 0 bridgehead atoms. The van der Waals surface area contributed by atoms with Gasteiger partial charge in [-0.05, 0) is 24.3 Å². The lowest BCUT2D eigenvalue weighted by Gasteiger charge is -2.13. The summed E-state index contributed by atoms with van der Waals surface area (Å²) >= 11 is 1.74. The fourth-order valence-electron chi connectivity index (χ4n) is 1.84. The number of para-hydroxylation sites is 1. The Balaban J connectivity index is 2.21. The minimum absolute atomic E-state index is 0.607. The van der Waals surface area contributed by atoms with Gasteiger partial charge in [0.1, 0.15) is 0 Å². The van der Waals surface area contributed by atoms with E-state index in [9.17, 15) is 0 Å². The maximum absolute atomic E-state index is 4.38. The van der Waals surface area contributed by atoms with Gasteiger partial charge in [-0.3, -0.25) is 0 Å². The van der Waals surface area contributed by atoms with E-state index in [0.29, 0.717) is 5.92 Å². The van der Waals surface area contributed by atoms with Crippen LogP contribution in [-0.2, 0) is 6.54 Å². The second-order valence-electron chi connectivity index (χ2n) is 4.62. The largest absolute Gasteiger partial charge is 0.325 e. The van der Waals surface area contributed by atoms with Gasteiger partial charge in [0.2, 0.25) is 5.95 Å². The fourth-order valence-corrected chi connectivity index (χ4v) is 2.40. The summed E-state index contributed by atoms with van der Waals surface area (Å²) in [4.78, 5) is 5.62. The molecular formula is C14H19N3S. The molecule has 0 saturated carbocycles. The minimum atomic E-state index is 0.607.